The molecule has 1 aliphatic carbocycles. The van der Waals surface area contributed by atoms with Crippen LogP contribution in [0.25, 0.3) is 0 Å². The molecule has 1 heterocycles. The van der Waals surface area contributed by atoms with Gasteiger partial charge < -0.3 is 5.32 Å². The molecule has 1 fully saturated rings. The van der Waals surface area contributed by atoms with Crippen molar-refractivity contribution in [2.24, 2.45) is 0 Å². The molecule has 0 aromatic carbocycles. The van der Waals surface area contributed by atoms with Crippen molar-refractivity contribution >= 4 is 5.82 Å². The zero-order valence-electron chi connectivity index (χ0n) is 6.72. The third-order valence-electron chi connectivity index (χ3n) is 2.40. The summed E-state index contributed by atoms with van der Waals surface area (Å²) in [6.45, 7) is 0. The zero-order chi connectivity index (χ0) is 7.68. The van der Waals surface area contributed by atoms with Crippen molar-refractivity contribution in [3.8, 4) is 0 Å². The lowest BCUT2D eigenvalue weighted by Crippen LogP contribution is -2.08. The zero-order valence-corrected chi connectivity index (χ0v) is 6.72. The molecule has 0 saturated heterocycles. The minimum Gasteiger partial charge on any atom is -0.372 e. The van der Waals surface area contributed by atoms with Crippen LogP contribution in [0.15, 0.2) is 6.07 Å². The highest BCUT2D eigenvalue weighted by molar-refractivity contribution is 5.35. The van der Waals surface area contributed by atoms with E-state index in [1.807, 2.05) is 7.05 Å². The Morgan fingerprint density at radius 1 is 1.64 bits per heavy atom. The van der Waals surface area contributed by atoms with Gasteiger partial charge in [0.05, 0.1) is 0 Å². The van der Waals surface area contributed by atoms with Crippen molar-refractivity contribution in [2.45, 2.75) is 25.2 Å². The smallest absolute Gasteiger partial charge is 0.147 e. The van der Waals surface area contributed by atoms with Gasteiger partial charge in [-0.05, 0) is 12.8 Å². The lowest BCUT2D eigenvalue weighted by atomic mass is 9.83. The number of nitrogens with one attached hydrogen (secondary N) is 2. The number of rotatable bonds is 2. The van der Waals surface area contributed by atoms with E-state index in [-0.39, 0.29) is 0 Å². The molecule has 0 unspecified atom stereocenters. The second-order valence-corrected chi connectivity index (χ2v) is 3.09. The summed E-state index contributed by atoms with van der Waals surface area (Å²) < 4.78 is 0. The minimum atomic E-state index is 0.754. The van der Waals surface area contributed by atoms with Crippen LogP contribution in [0.2, 0.25) is 0 Å². The van der Waals surface area contributed by atoms with Crippen molar-refractivity contribution < 1.29 is 0 Å². The molecule has 0 aliphatic heterocycles. The maximum absolute atomic E-state index is 4.10. The van der Waals surface area contributed by atoms with Crippen LogP contribution in [0.3, 0.4) is 0 Å². The maximum atomic E-state index is 4.10. The van der Waals surface area contributed by atoms with Crippen LogP contribution < -0.4 is 5.32 Å². The monoisotopic (exact) mass is 151 g/mol. The van der Waals surface area contributed by atoms with Crippen LogP contribution in [-0.2, 0) is 0 Å². The Morgan fingerprint density at radius 2 is 2.45 bits per heavy atom. The van der Waals surface area contributed by atoms with Gasteiger partial charge in [0.15, 0.2) is 0 Å². The fourth-order valence-corrected chi connectivity index (χ4v) is 1.39. The second-order valence-electron chi connectivity index (χ2n) is 3.09. The highest BCUT2D eigenvalue weighted by Crippen LogP contribution is 2.35. The van der Waals surface area contributed by atoms with Gasteiger partial charge in [-0.3, -0.25) is 5.10 Å². The Balaban J connectivity index is 2.11. The molecule has 3 nitrogen and oxygen atoms in total. The molecule has 1 aromatic rings. The van der Waals surface area contributed by atoms with Crippen LogP contribution in [-0.4, -0.2) is 17.2 Å². The molecule has 0 amide bonds. The Labute approximate surface area is 66.2 Å². The van der Waals surface area contributed by atoms with E-state index in [0.29, 0.717) is 0 Å². The highest BCUT2D eigenvalue weighted by Gasteiger charge is 2.20. The van der Waals surface area contributed by atoms with E-state index in [1.54, 1.807) is 0 Å². The van der Waals surface area contributed by atoms with Crippen molar-refractivity contribution in [1.82, 2.24) is 10.2 Å². The van der Waals surface area contributed by atoms with Gasteiger partial charge in [-0.25, -0.2) is 0 Å². The third kappa shape index (κ3) is 1.11. The minimum absolute atomic E-state index is 0.754. The van der Waals surface area contributed by atoms with E-state index < -0.39 is 0 Å². The summed E-state index contributed by atoms with van der Waals surface area (Å²) in [7, 11) is 1.89. The average molecular weight is 151 g/mol. The van der Waals surface area contributed by atoms with Crippen LogP contribution in [0.5, 0.6) is 0 Å². The van der Waals surface area contributed by atoms with Gasteiger partial charge >= 0.3 is 0 Å². The molecule has 0 radical (unpaired) electrons. The topological polar surface area (TPSA) is 40.7 Å². The molecule has 2 N–H and O–H groups in total. The number of hydrogen-bond acceptors (Lipinski definition) is 2. The highest BCUT2D eigenvalue weighted by atomic mass is 15.2. The number of aromatic amines is 1. The summed E-state index contributed by atoms with van der Waals surface area (Å²) in [5, 5.41) is 10.2. The van der Waals surface area contributed by atoms with E-state index >= 15 is 0 Å². The van der Waals surface area contributed by atoms with Crippen LogP contribution in [0.4, 0.5) is 5.82 Å². The summed E-state index contributed by atoms with van der Waals surface area (Å²) in [5.41, 5.74) is 1.29. The van der Waals surface area contributed by atoms with Crippen molar-refractivity contribution in [1.29, 1.82) is 0 Å². The van der Waals surface area contributed by atoms with E-state index in [1.165, 1.54) is 25.0 Å². The van der Waals surface area contributed by atoms with Gasteiger partial charge in [-0.15, -0.1) is 0 Å². The van der Waals surface area contributed by atoms with Gasteiger partial charge in [-0.1, -0.05) is 6.42 Å². The van der Waals surface area contributed by atoms with Gasteiger partial charge in [0.25, 0.3) is 0 Å². The SMILES string of the molecule is CNc1cc(C2CCC2)[nH]n1. The molecule has 1 aliphatic rings. The van der Waals surface area contributed by atoms with Gasteiger partial charge in [0.2, 0.25) is 0 Å². The normalized spacial score (nSPS) is 17.9. The summed E-state index contributed by atoms with van der Waals surface area (Å²) in [6.07, 6.45) is 4.02. The van der Waals surface area contributed by atoms with Crippen LogP contribution in [0.1, 0.15) is 30.9 Å². The van der Waals surface area contributed by atoms with Gasteiger partial charge in [-0.2, -0.15) is 5.10 Å². The molecule has 0 atom stereocenters. The van der Waals surface area contributed by atoms with E-state index in [4.69, 9.17) is 0 Å². The summed E-state index contributed by atoms with van der Waals surface area (Å²) in [5.74, 6) is 1.71. The fraction of sp³-hybridized carbons (Fsp3) is 0.625. The summed E-state index contributed by atoms with van der Waals surface area (Å²) in [6, 6.07) is 2.10. The van der Waals surface area contributed by atoms with E-state index in [2.05, 4.69) is 21.6 Å². The second kappa shape index (κ2) is 2.57. The first kappa shape index (κ1) is 6.70. The molecule has 2 rings (SSSR count). The number of nitrogens with zero attached hydrogens (tertiary/aromatic N) is 1. The van der Waals surface area contributed by atoms with E-state index in [0.717, 1.165) is 11.7 Å². The van der Waals surface area contributed by atoms with Crippen LogP contribution in [0, 0.1) is 0 Å². The summed E-state index contributed by atoms with van der Waals surface area (Å²) in [4.78, 5) is 0. The number of hydrogen-bond donors (Lipinski definition) is 2. The number of anilines is 1. The fourth-order valence-electron chi connectivity index (χ4n) is 1.39. The molecular formula is C8H13N3. The van der Waals surface area contributed by atoms with Crippen molar-refractivity contribution in [3.05, 3.63) is 11.8 Å². The first-order valence-corrected chi connectivity index (χ1v) is 4.13. The quantitative estimate of drug-likeness (QED) is 0.675. The van der Waals surface area contributed by atoms with Gasteiger partial charge in [0, 0.05) is 24.7 Å². The maximum Gasteiger partial charge on any atom is 0.147 e. The Kier molecular flexibility index (Phi) is 1.56. The Bertz CT molecular complexity index is 237. The van der Waals surface area contributed by atoms with E-state index in [9.17, 15) is 0 Å². The number of H-pyrrole nitrogens is 1. The lowest BCUT2D eigenvalue weighted by molar-refractivity contribution is 0.410. The molecule has 0 spiro atoms. The molecule has 0 bridgehead atoms. The average Bonchev–Trinajstić information content (AvgIpc) is 2.32. The largest absolute Gasteiger partial charge is 0.372 e. The molecule has 3 heteroatoms. The molecule has 1 saturated carbocycles. The summed E-state index contributed by atoms with van der Waals surface area (Å²) >= 11 is 0. The Morgan fingerprint density at radius 3 is 2.91 bits per heavy atom. The third-order valence-corrected chi connectivity index (χ3v) is 2.40. The predicted molar refractivity (Wildman–Crippen MR) is 44.7 cm³/mol. The Hall–Kier alpha value is -0.990. The first-order chi connectivity index (χ1) is 5.40. The molecule has 60 valence electrons. The molecule has 1 aromatic heterocycles. The standard InChI is InChI=1S/C8H13N3/c1-9-8-5-7(10-11-8)6-3-2-4-6/h5-6H,2-4H2,1H3,(H2,9,10,11). The van der Waals surface area contributed by atoms with Gasteiger partial charge in [0.1, 0.15) is 5.82 Å². The lowest BCUT2D eigenvalue weighted by Gasteiger charge is -2.23. The molecule has 11 heavy (non-hydrogen) atoms. The molecular weight excluding hydrogens is 138 g/mol. The first-order valence-electron chi connectivity index (χ1n) is 4.13. The van der Waals surface area contributed by atoms with Crippen molar-refractivity contribution in [2.75, 3.05) is 12.4 Å². The van der Waals surface area contributed by atoms with Crippen LogP contribution >= 0.6 is 0 Å². The number of aromatic nitrogens is 2. The van der Waals surface area contributed by atoms with Crippen molar-refractivity contribution in [3.63, 3.8) is 0 Å². The predicted octanol–water partition coefficient (Wildman–Crippen LogP) is 1.72.